The molecule has 3 heteroatoms. The highest BCUT2D eigenvalue weighted by Crippen LogP contribution is 2.47. The van der Waals surface area contributed by atoms with Crippen LogP contribution in [0.2, 0.25) is 0 Å². The molecule has 16 heavy (non-hydrogen) atoms. The first-order chi connectivity index (χ1) is 7.52. The maximum absolute atomic E-state index is 10.4. The summed E-state index contributed by atoms with van der Waals surface area (Å²) in [6.45, 7) is 4.49. The van der Waals surface area contributed by atoms with Crippen LogP contribution in [0.5, 0.6) is 0 Å². The predicted octanol–water partition coefficient (Wildman–Crippen LogP) is 4.29. The van der Waals surface area contributed by atoms with Crippen LogP contribution in [0.4, 0.5) is 0 Å². The highest BCUT2D eigenvalue weighted by Gasteiger charge is 2.39. The minimum absolute atomic E-state index is 0.198. The van der Waals surface area contributed by atoms with E-state index in [1.807, 2.05) is 6.07 Å². The van der Waals surface area contributed by atoms with Crippen molar-refractivity contribution in [3.05, 3.63) is 22.6 Å². The van der Waals surface area contributed by atoms with Crippen molar-refractivity contribution in [1.29, 1.82) is 0 Å². The summed E-state index contributed by atoms with van der Waals surface area (Å²) in [6.07, 6.45) is 5.89. The van der Waals surface area contributed by atoms with Crippen LogP contribution in [-0.2, 0) is 0 Å². The van der Waals surface area contributed by atoms with Crippen LogP contribution in [0.15, 0.2) is 21.2 Å². The van der Waals surface area contributed by atoms with E-state index in [-0.39, 0.29) is 5.41 Å². The fraction of sp³-hybridized carbons (Fsp3) is 0.692. The molecule has 2 nitrogen and oxygen atoms in total. The Hall–Kier alpha value is -0.280. The lowest BCUT2D eigenvalue weighted by atomic mass is 9.66. The van der Waals surface area contributed by atoms with Gasteiger partial charge in [-0.05, 0) is 46.2 Å². The van der Waals surface area contributed by atoms with Gasteiger partial charge in [-0.15, -0.1) is 0 Å². The van der Waals surface area contributed by atoms with Gasteiger partial charge in [-0.3, -0.25) is 0 Å². The first kappa shape index (κ1) is 12.2. The van der Waals surface area contributed by atoms with Gasteiger partial charge in [0, 0.05) is 0 Å². The van der Waals surface area contributed by atoms with Crippen molar-refractivity contribution in [1.82, 2.24) is 0 Å². The molecule has 2 atom stereocenters. The second kappa shape index (κ2) is 4.53. The molecule has 1 saturated carbocycles. The van der Waals surface area contributed by atoms with Crippen LogP contribution in [0.3, 0.4) is 0 Å². The Balaban J connectivity index is 2.20. The van der Waals surface area contributed by atoms with E-state index in [1.54, 1.807) is 6.26 Å². The number of halogens is 1. The van der Waals surface area contributed by atoms with Crippen LogP contribution in [0.25, 0.3) is 0 Å². The molecule has 0 bridgehead atoms. The molecule has 1 aromatic heterocycles. The third kappa shape index (κ3) is 2.21. The average molecular weight is 287 g/mol. The van der Waals surface area contributed by atoms with Gasteiger partial charge in [0.2, 0.25) is 0 Å². The van der Waals surface area contributed by atoms with Crippen LogP contribution >= 0.6 is 15.9 Å². The molecule has 0 saturated heterocycles. The van der Waals surface area contributed by atoms with Crippen LogP contribution < -0.4 is 0 Å². The largest absolute Gasteiger partial charge is 0.465 e. The van der Waals surface area contributed by atoms with Crippen molar-refractivity contribution in [3.8, 4) is 0 Å². The summed E-state index contributed by atoms with van der Waals surface area (Å²) in [5.41, 5.74) is 0.198. The molecule has 1 aromatic rings. The van der Waals surface area contributed by atoms with Gasteiger partial charge in [-0.1, -0.05) is 26.7 Å². The van der Waals surface area contributed by atoms with E-state index < -0.39 is 6.10 Å². The van der Waals surface area contributed by atoms with Gasteiger partial charge in [0.05, 0.1) is 10.7 Å². The first-order valence-electron chi connectivity index (χ1n) is 5.93. The molecular weight excluding hydrogens is 268 g/mol. The molecule has 2 unspecified atom stereocenters. The summed E-state index contributed by atoms with van der Waals surface area (Å²) >= 11 is 3.42. The molecule has 1 aliphatic rings. The van der Waals surface area contributed by atoms with Crippen LogP contribution in [0.1, 0.15) is 51.4 Å². The second-order valence-corrected chi connectivity index (χ2v) is 6.27. The lowest BCUT2D eigenvalue weighted by molar-refractivity contribution is -0.00847. The van der Waals surface area contributed by atoms with E-state index >= 15 is 0 Å². The van der Waals surface area contributed by atoms with Gasteiger partial charge in [-0.25, -0.2) is 0 Å². The van der Waals surface area contributed by atoms with E-state index in [0.29, 0.717) is 11.7 Å². The molecule has 2 rings (SSSR count). The number of furan rings is 1. The third-order valence-electron chi connectivity index (χ3n) is 3.88. The van der Waals surface area contributed by atoms with E-state index in [1.165, 1.54) is 19.3 Å². The van der Waals surface area contributed by atoms with E-state index in [2.05, 4.69) is 29.8 Å². The summed E-state index contributed by atoms with van der Waals surface area (Å²) in [5, 5.41) is 10.4. The Morgan fingerprint density at radius 1 is 1.50 bits per heavy atom. The average Bonchev–Trinajstić information content (AvgIpc) is 2.63. The smallest absolute Gasteiger partial charge is 0.146 e. The molecule has 1 aliphatic carbocycles. The lowest BCUT2D eigenvalue weighted by Gasteiger charge is -2.40. The van der Waals surface area contributed by atoms with Gasteiger partial charge in [0.15, 0.2) is 0 Å². The summed E-state index contributed by atoms with van der Waals surface area (Å²) in [7, 11) is 0. The van der Waals surface area contributed by atoms with Crippen molar-refractivity contribution in [3.63, 3.8) is 0 Å². The first-order valence-corrected chi connectivity index (χ1v) is 6.72. The highest BCUT2D eigenvalue weighted by atomic mass is 79.9. The number of hydrogen-bond acceptors (Lipinski definition) is 2. The Morgan fingerprint density at radius 2 is 2.25 bits per heavy atom. The quantitative estimate of drug-likeness (QED) is 0.880. The number of rotatable bonds is 2. The monoisotopic (exact) mass is 286 g/mol. The zero-order valence-corrected chi connectivity index (χ0v) is 11.5. The maximum atomic E-state index is 10.4. The standard InChI is InChI=1S/C13H19BrO2/c1-13(2)7-4-3-5-9(13)11(15)12-10(14)6-8-16-12/h6,8-9,11,15H,3-5,7H2,1-2H3. The van der Waals surface area contributed by atoms with E-state index in [0.717, 1.165) is 10.9 Å². The van der Waals surface area contributed by atoms with Crippen molar-refractivity contribution in [2.45, 2.75) is 45.6 Å². The molecule has 1 heterocycles. The van der Waals surface area contributed by atoms with Crippen molar-refractivity contribution in [2.24, 2.45) is 11.3 Å². The summed E-state index contributed by atoms with van der Waals surface area (Å²) in [4.78, 5) is 0. The zero-order chi connectivity index (χ0) is 11.8. The predicted molar refractivity (Wildman–Crippen MR) is 67.1 cm³/mol. The van der Waals surface area contributed by atoms with E-state index in [4.69, 9.17) is 4.42 Å². The molecular formula is C13H19BrO2. The lowest BCUT2D eigenvalue weighted by Crippen LogP contribution is -2.32. The highest BCUT2D eigenvalue weighted by molar-refractivity contribution is 9.10. The van der Waals surface area contributed by atoms with Gasteiger partial charge in [0.1, 0.15) is 11.9 Å². The van der Waals surface area contributed by atoms with Crippen molar-refractivity contribution >= 4 is 15.9 Å². The van der Waals surface area contributed by atoms with Crippen LogP contribution in [0, 0.1) is 11.3 Å². The Labute approximate surface area is 105 Å². The fourth-order valence-corrected chi connectivity index (χ4v) is 3.24. The zero-order valence-electron chi connectivity index (χ0n) is 9.87. The Morgan fingerprint density at radius 3 is 2.81 bits per heavy atom. The number of aliphatic hydroxyl groups is 1. The topological polar surface area (TPSA) is 33.4 Å². The molecule has 1 fully saturated rings. The van der Waals surface area contributed by atoms with E-state index in [9.17, 15) is 5.11 Å². The van der Waals surface area contributed by atoms with Gasteiger partial charge < -0.3 is 9.52 Å². The Kier molecular flexibility index (Phi) is 3.45. The minimum Gasteiger partial charge on any atom is -0.465 e. The summed E-state index contributed by atoms with van der Waals surface area (Å²) in [5.74, 6) is 0.976. The van der Waals surface area contributed by atoms with Crippen LogP contribution in [-0.4, -0.2) is 5.11 Å². The van der Waals surface area contributed by atoms with Gasteiger partial charge in [0.25, 0.3) is 0 Å². The SMILES string of the molecule is CC1(C)CCCCC1C(O)c1occc1Br. The fourth-order valence-electron chi connectivity index (χ4n) is 2.81. The van der Waals surface area contributed by atoms with Crippen molar-refractivity contribution in [2.75, 3.05) is 0 Å². The Bertz CT molecular complexity index is 357. The molecule has 0 spiro atoms. The third-order valence-corrected chi connectivity index (χ3v) is 4.54. The molecule has 0 aromatic carbocycles. The summed E-state index contributed by atoms with van der Waals surface area (Å²) < 4.78 is 6.25. The molecule has 0 amide bonds. The second-order valence-electron chi connectivity index (χ2n) is 5.42. The molecule has 90 valence electrons. The molecule has 0 aliphatic heterocycles. The van der Waals surface area contributed by atoms with Gasteiger partial charge >= 0.3 is 0 Å². The number of hydrogen-bond donors (Lipinski definition) is 1. The maximum Gasteiger partial charge on any atom is 0.146 e. The van der Waals surface area contributed by atoms with Gasteiger partial charge in [-0.2, -0.15) is 0 Å². The summed E-state index contributed by atoms with van der Waals surface area (Å²) in [6, 6.07) is 1.84. The molecule has 0 radical (unpaired) electrons. The van der Waals surface area contributed by atoms with Crippen molar-refractivity contribution < 1.29 is 9.52 Å². The normalized spacial score (nSPS) is 26.6. The number of aliphatic hydroxyl groups excluding tert-OH is 1. The minimum atomic E-state index is -0.486. The molecule has 1 N–H and O–H groups in total.